The number of nitrogens with zero attached hydrogens (tertiary/aromatic N) is 2. The minimum absolute atomic E-state index is 0.00438. The molecular weight excluding hydrogens is 448 g/mol. The molecule has 1 saturated heterocycles. The minimum Gasteiger partial charge on any atom is -0.507 e. The van der Waals surface area contributed by atoms with E-state index in [2.05, 4.69) is 4.98 Å². The van der Waals surface area contributed by atoms with Gasteiger partial charge in [0.1, 0.15) is 11.5 Å². The molecule has 0 spiro atoms. The first-order valence-electron chi connectivity index (χ1n) is 11.1. The minimum atomic E-state index is -0.807. The van der Waals surface area contributed by atoms with Gasteiger partial charge in [-0.2, -0.15) is 0 Å². The van der Waals surface area contributed by atoms with Crippen molar-refractivity contribution in [2.45, 2.75) is 19.5 Å². The molecule has 1 fully saturated rings. The fourth-order valence-electron chi connectivity index (χ4n) is 4.13. The number of methoxy groups -OCH3 is 2. The molecule has 1 atom stereocenters. The van der Waals surface area contributed by atoms with Crippen molar-refractivity contribution in [3.8, 4) is 17.2 Å². The maximum absolute atomic E-state index is 13.2. The zero-order valence-corrected chi connectivity index (χ0v) is 19.7. The number of aliphatic hydroxyl groups excluding tert-OH is 1. The Balaban J connectivity index is 1.84. The highest BCUT2D eigenvalue weighted by molar-refractivity contribution is 6.46. The van der Waals surface area contributed by atoms with Gasteiger partial charge in [0, 0.05) is 24.5 Å². The van der Waals surface area contributed by atoms with Crippen LogP contribution in [0.25, 0.3) is 5.76 Å². The largest absolute Gasteiger partial charge is 0.507 e. The average Bonchev–Trinajstić information content (AvgIpc) is 3.14. The first kappa shape index (κ1) is 23.8. The number of likely N-dealkylation sites (tertiary alicyclic amines) is 1. The van der Waals surface area contributed by atoms with Gasteiger partial charge in [-0.25, -0.2) is 0 Å². The molecule has 2 aromatic carbocycles. The number of Topliss-reactive ketones (excluding diaryl/α,β-unsaturated/α-hetero) is 1. The molecule has 35 heavy (non-hydrogen) atoms. The van der Waals surface area contributed by atoms with Gasteiger partial charge in [0.2, 0.25) is 0 Å². The van der Waals surface area contributed by atoms with Crippen molar-refractivity contribution < 1.29 is 28.9 Å². The lowest BCUT2D eigenvalue weighted by atomic mass is 9.95. The number of ketones is 1. The molecule has 3 aromatic rings. The summed E-state index contributed by atoms with van der Waals surface area (Å²) in [4.78, 5) is 32.0. The highest BCUT2D eigenvalue weighted by atomic mass is 16.5. The highest BCUT2D eigenvalue weighted by Crippen LogP contribution is 2.41. The monoisotopic (exact) mass is 474 g/mol. The van der Waals surface area contributed by atoms with Crippen LogP contribution in [0.4, 0.5) is 0 Å². The molecule has 0 bridgehead atoms. The maximum atomic E-state index is 13.2. The lowest BCUT2D eigenvalue weighted by Gasteiger charge is -2.25. The first-order chi connectivity index (χ1) is 17.0. The van der Waals surface area contributed by atoms with Gasteiger partial charge in [0.15, 0.2) is 11.5 Å². The number of aliphatic hydroxyl groups is 1. The number of carbonyl (C=O) groups excluding carboxylic acids is 2. The summed E-state index contributed by atoms with van der Waals surface area (Å²) in [5.74, 6) is -0.227. The molecule has 0 aliphatic carbocycles. The summed E-state index contributed by atoms with van der Waals surface area (Å²) in [5.41, 5.74) is 1.75. The second kappa shape index (κ2) is 10.3. The van der Waals surface area contributed by atoms with Crippen LogP contribution in [-0.2, 0) is 16.1 Å². The number of ether oxygens (including phenoxy) is 3. The van der Waals surface area contributed by atoms with Gasteiger partial charge < -0.3 is 24.2 Å². The number of amides is 1. The molecule has 0 unspecified atom stereocenters. The van der Waals surface area contributed by atoms with Crippen molar-refractivity contribution in [1.29, 1.82) is 0 Å². The van der Waals surface area contributed by atoms with Gasteiger partial charge in [-0.15, -0.1) is 0 Å². The van der Waals surface area contributed by atoms with Gasteiger partial charge >= 0.3 is 0 Å². The summed E-state index contributed by atoms with van der Waals surface area (Å²) in [6.45, 7) is 2.55. The lowest BCUT2D eigenvalue weighted by molar-refractivity contribution is -0.140. The van der Waals surface area contributed by atoms with E-state index in [0.717, 1.165) is 5.56 Å². The first-order valence-corrected chi connectivity index (χ1v) is 11.1. The fraction of sp³-hybridized carbons (Fsp3) is 0.222. The Bertz CT molecular complexity index is 1250. The van der Waals surface area contributed by atoms with Crippen molar-refractivity contribution in [2.75, 3.05) is 20.8 Å². The highest BCUT2D eigenvalue weighted by Gasteiger charge is 2.46. The molecule has 180 valence electrons. The van der Waals surface area contributed by atoms with E-state index >= 15 is 0 Å². The normalized spacial score (nSPS) is 16.9. The molecule has 8 nitrogen and oxygen atoms in total. The zero-order chi connectivity index (χ0) is 24.9. The molecule has 4 rings (SSSR count). The van der Waals surface area contributed by atoms with Crippen LogP contribution in [0.3, 0.4) is 0 Å². The van der Waals surface area contributed by atoms with Crippen LogP contribution < -0.4 is 14.2 Å². The van der Waals surface area contributed by atoms with E-state index in [4.69, 9.17) is 14.2 Å². The van der Waals surface area contributed by atoms with Crippen LogP contribution in [0.1, 0.15) is 29.7 Å². The van der Waals surface area contributed by atoms with Gasteiger partial charge in [0.25, 0.3) is 11.7 Å². The standard InChI is InChI=1S/C27H26N2O6/c1-4-35-20-10-7-18(8-11-20)24-23(25(30)19-9-12-21(33-2)22(14-19)34-3)26(31)27(32)29(24)16-17-6-5-13-28-15-17/h5-15,24,30H,4,16H2,1-3H3/t24-/m0/s1. The molecule has 0 radical (unpaired) electrons. The van der Waals surface area contributed by atoms with E-state index in [1.807, 2.05) is 13.0 Å². The summed E-state index contributed by atoms with van der Waals surface area (Å²) >= 11 is 0. The Labute approximate surface area is 203 Å². The van der Waals surface area contributed by atoms with Crippen LogP contribution in [-0.4, -0.2) is 47.5 Å². The van der Waals surface area contributed by atoms with Crippen molar-refractivity contribution >= 4 is 17.4 Å². The predicted octanol–water partition coefficient (Wildman–Crippen LogP) is 4.12. The quantitative estimate of drug-likeness (QED) is 0.298. The smallest absolute Gasteiger partial charge is 0.295 e. The van der Waals surface area contributed by atoms with E-state index in [1.165, 1.54) is 19.1 Å². The molecule has 1 N–H and O–H groups in total. The summed E-state index contributed by atoms with van der Waals surface area (Å²) in [5, 5.41) is 11.3. The number of aromatic nitrogens is 1. The Morgan fingerprint density at radius 1 is 1.03 bits per heavy atom. The van der Waals surface area contributed by atoms with Crippen LogP contribution in [0.2, 0.25) is 0 Å². The summed E-state index contributed by atoms with van der Waals surface area (Å²) < 4.78 is 16.1. The van der Waals surface area contributed by atoms with Gasteiger partial charge in [0.05, 0.1) is 32.4 Å². The number of carbonyl (C=O) groups is 2. The van der Waals surface area contributed by atoms with E-state index in [0.29, 0.717) is 35.0 Å². The summed E-state index contributed by atoms with van der Waals surface area (Å²) in [6.07, 6.45) is 3.28. The number of benzene rings is 2. The Kier molecular flexibility index (Phi) is 7.01. The van der Waals surface area contributed by atoms with E-state index in [-0.39, 0.29) is 17.9 Å². The van der Waals surface area contributed by atoms with Crippen LogP contribution >= 0.6 is 0 Å². The summed E-state index contributed by atoms with van der Waals surface area (Å²) in [6, 6.07) is 14.7. The van der Waals surface area contributed by atoms with Crippen LogP contribution in [0.15, 0.2) is 72.6 Å². The zero-order valence-electron chi connectivity index (χ0n) is 19.7. The van der Waals surface area contributed by atoms with Crippen molar-refractivity contribution in [2.24, 2.45) is 0 Å². The molecule has 8 heteroatoms. The number of hydrogen-bond acceptors (Lipinski definition) is 7. The van der Waals surface area contributed by atoms with Crippen molar-refractivity contribution in [3.05, 3.63) is 89.3 Å². The van der Waals surface area contributed by atoms with E-state index in [9.17, 15) is 14.7 Å². The van der Waals surface area contributed by atoms with Crippen LogP contribution in [0, 0.1) is 0 Å². The SMILES string of the molecule is CCOc1ccc([C@H]2C(=C(O)c3ccc(OC)c(OC)c3)C(=O)C(=O)N2Cc2cccnc2)cc1. The number of pyridine rings is 1. The maximum Gasteiger partial charge on any atom is 0.295 e. The van der Waals surface area contributed by atoms with E-state index < -0.39 is 17.7 Å². The molecule has 1 amide bonds. The average molecular weight is 475 g/mol. The third kappa shape index (κ3) is 4.68. The second-order valence-corrected chi connectivity index (χ2v) is 7.86. The third-order valence-corrected chi connectivity index (χ3v) is 5.78. The lowest BCUT2D eigenvalue weighted by Crippen LogP contribution is -2.29. The predicted molar refractivity (Wildman–Crippen MR) is 129 cm³/mol. The van der Waals surface area contributed by atoms with Crippen LogP contribution in [0.5, 0.6) is 17.2 Å². The number of hydrogen-bond donors (Lipinski definition) is 1. The van der Waals surface area contributed by atoms with Gasteiger partial charge in [-0.05, 0) is 54.4 Å². The van der Waals surface area contributed by atoms with Gasteiger partial charge in [-0.1, -0.05) is 18.2 Å². The van der Waals surface area contributed by atoms with Crippen molar-refractivity contribution in [1.82, 2.24) is 9.88 Å². The molecule has 2 heterocycles. The molecule has 1 aromatic heterocycles. The van der Waals surface area contributed by atoms with Crippen molar-refractivity contribution in [3.63, 3.8) is 0 Å². The molecule has 1 aliphatic rings. The Hall–Kier alpha value is -4.33. The topological polar surface area (TPSA) is 98.2 Å². The second-order valence-electron chi connectivity index (χ2n) is 7.86. The fourth-order valence-corrected chi connectivity index (χ4v) is 4.13. The third-order valence-electron chi connectivity index (χ3n) is 5.78. The van der Waals surface area contributed by atoms with E-state index in [1.54, 1.807) is 60.9 Å². The number of rotatable bonds is 8. The Morgan fingerprint density at radius 2 is 1.77 bits per heavy atom. The van der Waals surface area contributed by atoms with Gasteiger partial charge in [-0.3, -0.25) is 14.6 Å². The summed E-state index contributed by atoms with van der Waals surface area (Å²) in [7, 11) is 2.99. The Morgan fingerprint density at radius 3 is 2.40 bits per heavy atom. The molecule has 0 saturated carbocycles. The molecular formula is C27H26N2O6. The molecule has 1 aliphatic heterocycles.